The van der Waals surface area contributed by atoms with Crippen LogP contribution in [0.2, 0.25) is 0 Å². The Bertz CT molecular complexity index is 737. The summed E-state index contributed by atoms with van der Waals surface area (Å²) in [6, 6.07) is 3.77. The van der Waals surface area contributed by atoms with E-state index in [1.54, 1.807) is 14.2 Å². The molecule has 128 valence electrons. The Hall–Kier alpha value is -1.63. The van der Waals surface area contributed by atoms with Crippen molar-refractivity contribution in [1.82, 2.24) is 9.88 Å². The minimum Gasteiger partial charge on any atom is -0.496 e. The van der Waals surface area contributed by atoms with Crippen LogP contribution in [0, 0.1) is 0 Å². The second-order valence-electron chi connectivity index (χ2n) is 6.38. The van der Waals surface area contributed by atoms with Crippen LogP contribution >= 0.6 is 11.3 Å². The second-order valence-corrected chi connectivity index (χ2v) is 7.55. The molecule has 1 aromatic carbocycles. The molecule has 1 aliphatic heterocycles. The van der Waals surface area contributed by atoms with Gasteiger partial charge in [0.05, 0.1) is 32.6 Å². The van der Waals surface area contributed by atoms with Gasteiger partial charge < -0.3 is 14.6 Å². The number of aryl methyl sites for hydroxylation is 2. The number of rotatable bonds is 4. The molecule has 0 amide bonds. The average molecular weight is 346 g/mol. The molecule has 24 heavy (non-hydrogen) atoms. The Labute approximate surface area is 145 Å². The van der Waals surface area contributed by atoms with Crippen molar-refractivity contribution < 1.29 is 14.6 Å². The van der Waals surface area contributed by atoms with Crippen molar-refractivity contribution in [3.05, 3.63) is 38.8 Å². The van der Waals surface area contributed by atoms with Crippen molar-refractivity contribution in [3.63, 3.8) is 0 Å². The molecule has 0 radical (unpaired) electrons. The minimum atomic E-state index is -0.578. The Morgan fingerprint density at radius 3 is 2.79 bits per heavy atom. The van der Waals surface area contributed by atoms with Crippen molar-refractivity contribution in [3.8, 4) is 11.5 Å². The maximum atomic E-state index is 10.7. The summed E-state index contributed by atoms with van der Waals surface area (Å²) in [5.74, 6) is 1.53. The highest BCUT2D eigenvalue weighted by Gasteiger charge is 2.30. The van der Waals surface area contributed by atoms with Gasteiger partial charge in [-0.05, 0) is 31.4 Å². The van der Waals surface area contributed by atoms with E-state index in [9.17, 15) is 5.11 Å². The van der Waals surface area contributed by atoms with Gasteiger partial charge >= 0.3 is 0 Å². The van der Waals surface area contributed by atoms with Gasteiger partial charge in [-0.2, -0.15) is 0 Å². The van der Waals surface area contributed by atoms with Crippen molar-refractivity contribution in [2.45, 2.75) is 38.5 Å². The van der Waals surface area contributed by atoms with Crippen LogP contribution in [-0.4, -0.2) is 35.8 Å². The predicted molar refractivity (Wildman–Crippen MR) is 92.8 cm³/mol. The van der Waals surface area contributed by atoms with E-state index in [-0.39, 0.29) is 0 Å². The van der Waals surface area contributed by atoms with Gasteiger partial charge in [-0.25, -0.2) is 4.98 Å². The van der Waals surface area contributed by atoms with E-state index in [2.05, 4.69) is 4.90 Å². The van der Waals surface area contributed by atoms with Crippen LogP contribution in [0.15, 0.2) is 12.1 Å². The molecule has 1 atom stereocenters. The topological polar surface area (TPSA) is 54.8 Å². The molecule has 0 saturated heterocycles. The lowest BCUT2D eigenvalue weighted by Gasteiger charge is -2.33. The van der Waals surface area contributed by atoms with Gasteiger partial charge in [-0.3, -0.25) is 4.90 Å². The molecule has 0 fully saturated rings. The Balaban J connectivity index is 1.60. The zero-order chi connectivity index (χ0) is 16.7. The van der Waals surface area contributed by atoms with Crippen molar-refractivity contribution in [2.75, 3.05) is 20.8 Å². The molecule has 1 aliphatic carbocycles. The zero-order valence-electron chi connectivity index (χ0n) is 14.0. The maximum Gasteiger partial charge on any atom is 0.125 e. The monoisotopic (exact) mass is 346 g/mol. The summed E-state index contributed by atoms with van der Waals surface area (Å²) in [7, 11) is 3.30. The highest BCUT2D eigenvalue weighted by Crippen LogP contribution is 2.40. The third-order valence-electron chi connectivity index (χ3n) is 4.86. The van der Waals surface area contributed by atoms with Crippen LogP contribution in [0.1, 0.15) is 39.2 Å². The van der Waals surface area contributed by atoms with E-state index >= 15 is 0 Å². The Kier molecular flexibility index (Phi) is 4.20. The third kappa shape index (κ3) is 2.68. The highest BCUT2D eigenvalue weighted by atomic mass is 32.1. The largest absolute Gasteiger partial charge is 0.496 e. The van der Waals surface area contributed by atoms with Gasteiger partial charge in [0.25, 0.3) is 0 Å². The molecule has 4 rings (SSSR count). The first-order valence-electron chi connectivity index (χ1n) is 8.31. The first-order chi connectivity index (χ1) is 11.7. The lowest BCUT2D eigenvalue weighted by molar-refractivity contribution is 0.0842. The van der Waals surface area contributed by atoms with Gasteiger partial charge in [-0.1, -0.05) is 0 Å². The van der Waals surface area contributed by atoms with E-state index < -0.39 is 6.10 Å². The average Bonchev–Trinajstić information content (AvgIpc) is 3.15. The number of aromatic nitrogens is 1. The van der Waals surface area contributed by atoms with Crippen molar-refractivity contribution >= 4 is 11.3 Å². The fourth-order valence-corrected chi connectivity index (χ4v) is 4.97. The molecule has 6 heteroatoms. The first-order valence-corrected chi connectivity index (χ1v) is 9.13. The molecule has 0 unspecified atom stereocenters. The van der Waals surface area contributed by atoms with E-state index in [1.807, 2.05) is 23.5 Å². The van der Waals surface area contributed by atoms with Gasteiger partial charge in [0.1, 0.15) is 16.5 Å². The first kappa shape index (κ1) is 15.9. The van der Waals surface area contributed by atoms with Gasteiger partial charge in [0.2, 0.25) is 0 Å². The van der Waals surface area contributed by atoms with E-state index in [1.165, 1.54) is 23.4 Å². The SMILES string of the molecule is COc1ccc(OC)c2c1CN(Cc1nc3c(s1)CCC3)C[C@@H]2O. The summed E-state index contributed by atoms with van der Waals surface area (Å²) in [4.78, 5) is 8.47. The van der Waals surface area contributed by atoms with Gasteiger partial charge in [0.15, 0.2) is 0 Å². The summed E-state index contributed by atoms with van der Waals surface area (Å²) in [6.45, 7) is 2.09. The minimum absolute atomic E-state index is 0.578. The number of thiazole rings is 1. The molecule has 2 heterocycles. The summed E-state index contributed by atoms with van der Waals surface area (Å²) >= 11 is 1.83. The third-order valence-corrected chi connectivity index (χ3v) is 6.00. The normalized spacial score (nSPS) is 19.9. The molecule has 5 nitrogen and oxygen atoms in total. The smallest absolute Gasteiger partial charge is 0.125 e. The molecule has 0 spiro atoms. The molecule has 0 saturated carbocycles. The number of methoxy groups -OCH3 is 2. The van der Waals surface area contributed by atoms with E-state index in [0.29, 0.717) is 6.54 Å². The number of β-amino-alcohol motifs (C(OH)–C–C–N with tert-alkyl or cyclic N) is 1. The fraction of sp³-hybridized carbons (Fsp3) is 0.500. The zero-order valence-corrected chi connectivity index (χ0v) is 14.9. The lowest BCUT2D eigenvalue weighted by atomic mass is 9.95. The molecule has 1 N–H and O–H groups in total. The Morgan fingerprint density at radius 2 is 2.04 bits per heavy atom. The number of benzene rings is 1. The quantitative estimate of drug-likeness (QED) is 0.922. The number of hydrogen-bond donors (Lipinski definition) is 1. The summed E-state index contributed by atoms with van der Waals surface area (Å²) in [5.41, 5.74) is 3.15. The molecular formula is C18H22N2O3S. The lowest BCUT2D eigenvalue weighted by Crippen LogP contribution is -2.33. The molecule has 0 bridgehead atoms. The number of aliphatic hydroxyl groups is 1. The van der Waals surface area contributed by atoms with E-state index in [4.69, 9.17) is 14.5 Å². The molecule has 2 aliphatic rings. The van der Waals surface area contributed by atoms with Crippen LogP contribution in [0.4, 0.5) is 0 Å². The number of ether oxygens (including phenoxy) is 2. The summed E-state index contributed by atoms with van der Waals surface area (Å²) in [6.07, 6.45) is 2.94. The molecule has 1 aromatic heterocycles. The standard InChI is InChI=1S/C18H22N2O3S/c1-22-14-6-7-15(23-2)18-11(14)8-20(9-13(18)21)10-17-19-12-4-3-5-16(12)24-17/h6-7,13,21H,3-5,8-10H2,1-2H3/t13-/m0/s1. The van der Waals surface area contributed by atoms with Crippen molar-refractivity contribution in [2.24, 2.45) is 0 Å². The van der Waals surface area contributed by atoms with Gasteiger partial charge in [-0.15, -0.1) is 11.3 Å². The molecular weight excluding hydrogens is 324 g/mol. The van der Waals surface area contributed by atoms with Crippen LogP contribution < -0.4 is 9.47 Å². The number of hydrogen-bond acceptors (Lipinski definition) is 6. The van der Waals surface area contributed by atoms with E-state index in [0.717, 1.165) is 47.1 Å². The predicted octanol–water partition coefficient (Wildman–Crippen LogP) is 2.70. The summed E-state index contributed by atoms with van der Waals surface area (Å²) in [5, 5.41) is 11.8. The van der Waals surface area contributed by atoms with Crippen molar-refractivity contribution in [1.29, 1.82) is 0 Å². The van der Waals surface area contributed by atoms with Crippen LogP contribution in [0.5, 0.6) is 11.5 Å². The second kappa shape index (κ2) is 6.35. The van der Waals surface area contributed by atoms with Crippen LogP contribution in [-0.2, 0) is 25.9 Å². The maximum absolute atomic E-state index is 10.7. The fourth-order valence-electron chi connectivity index (χ4n) is 3.77. The van der Waals surface area contributed by atoms with Crippen LogP contribution in [0.3, 0.4) is 0 Å². The highest BCUT2D eigenvalue weighted by molar-refractivity contribution is 7.11. The number of aliphatic hydroxyl groups excluding tert-OH is 1. The number of nitrogens with zero attached hydrogens (tertiary/aromatic N) is 2. The summed E-state index contributed by atoms with van der Waals surface area (Å²) < 4.78 is 10.9. The molecule has 2 aromatic rings. The number of fused-ring (bicyclic) bond motifs is 2. The van der Waals surface area contributed by atoms with Crippen LogP contribution in [0.25, 0.3) is 0 Å². The Morgan fingerprint density at radius 1 is 1.25 bits per heavy atom. The van der Waals surface area contributed by atoms with Gasteiger partial charge in [0, 0.05) is 29.1 Å².